The van der Waals surface area contributed by atoms with E-state index in [9.17, 15) is 23.2 Å². The summed E-state index contributed by atoms with van der Waals surface area (Å²) in [6, 6.07) is 2.69. The second-order valence-corrected chi connectivity index (χ2v) is 8.72. The Morgan fingerprint density at radius 3 is 2.66 bits per heavy atom. The molecule has 188 valence electrons. The van der Waals surface area contributed by atoms with Crippen LogP contribution < -0.4 is 15.4 Å². The van der Waals surface area contributed by atoms with Gasteiger partial charge in [-0.1, -0.05) is 11.6 Å². The fraction of sp³-hybridized carbons (Fsp3) is 0.435. The SMILES string of the molecule is CC(=O)NCCNC(=O)Cc1nccc2c1CN(C(C)c1cnc(OCC(C)(F)F)c(Cl)c1)C2=O. The number of ether oxygens (including phenoxy) is 1. The number of nitrogens with one attached hydrogen (secondary N) is 2. The molecule has 0 spiro atoms. The fourth-order valence-corrected chi connectivity index (χ4v) is 3.81. The molecular weight excluding hydrogens is 484 g/mol. The Balaban J connectivity index is 1.68. The van der Waals surface area contributed by atoms with Crippen LogP contribution in [0.3, 0.4) is 0 Å². The summed E-state index contributed by atoms with van der Waals surface area (Å²) in [6.45, 7) is 3.88. The van der Waals surface area contributed by atoms with Gasteiger partial charge in [0, 0.05) is 57.0 Å². The van der Waals surface area contributed by atoms with Crippen molar-refractivity contribution in [3.8, 4) is 5.88 Å². The summed E-state index contributed by atoms with van der Waals surface area (Å²) in [5.74, 6) is -3.84. The monoisotopic (exact) mass is 509 g/mol. The average Bonchev–Trinajstić information content (AvgIpc) is 3.12. The van der Waals surface area contributed by atoms with Gasteiger partial charge in [0.25, 0.3) is 11.8 Å². The third-order valence-corrected chi connectivity index (χ3v) is 5.63. The lowest BCUT2D eigenvalue weighted by Gasteiger charge is -2.25. The van der Waals surface area contributed by atoms with Crippen LogP contribution in [0.2, 0.25) is 5.02 Å². The van der Waals surface area contributed by atoms with Gasteiger partial charge >= 0.3 is 0 Å². The molecule has 3 amide bonds. The summed E-state index contributed by atoms with van der Waals surface area (Å²) in [5, 5.41) is 5.35. The van der Waals surface area contributed by atoms with E-state index < -0.39 is 18.6 Å². The normalized spacial score (nSPS) is 13.9. The maximum Gasteiger partial charge on any atom is 0.278 e. The maximum absolute atomic E-state index is 13.1. The van der Waals surface area contributed by atoms with Crippen LogP contribution in [0.5, 0.6) is 5.88 Å². The molecule has 1 atom stereocenters. The minimum atomic E-state index is -3.03. The third kappa shape index (κ3) is 6.84. The number of fused-ring (bicyclic) bond motifs is 1. The summed E-state index contributed by atoms with van der Waals surface area (Å²) in [5.41, 5.74) is 2.20. The number of pyridine rings is 2. The van der Waals surface area contributed by atoms with Gasteiger partial charge in [-0.05, 0) is 24.6 Å². The van der Waals surface area contributed by atoms with Crippen molar-refractivity contribution in [2.45, 2.75) is 45.7 Å². The molecule has 9 nitrogen and oxygen atoms in total. The highest BCUT2D eigenvalue weighted by Crippen LogP contribution is 2.34. The zero-order valence-electron chi connectivity index (χ0n) is 19.5. The van der Waals surface area contributed by atoms with Crippen LogP contribution in [0, 0.1) is 0 Å². The Labute approximate surface area is 206 Å². The molecule has 0 bridgehead atoms. The number of halogens is 3. The highest BCUT2D eigenvalue weighted by atomic mass is 35.5. The van der Waals surface area contributed by atoms with Crippen molar-refractivity contribution < 1.29 is 27.9 Å². The lowest BCUT2D eigenvalue weighted by molar-refractivity contribution is -0.121. The first kappa shape index (κ1) is 26.3. The first-order valence-electron chi connectivity index (χ1n) is 10.9. The number of alkyl halides is 2. The lowest BCUT2D eigenvalue weighted by atomic mass is 10.1. The number of hydrogen-bond acceptors (Lipinski definition) is 6. The molecule has 0 saturated carbocycles. The predicted octanol–water partition coefficient (Wildman–Crippen LogP) is 2.68. The van der Waals surface area contributed by atoms with Gasteiger partial charge < -0.3 is 20.3 Å². The molecule has 0 aliphatic carbocycles. The number of carbonyl (C=O) groups excluding carboxylic acids is 3. The molecule has 1 aliphatic rings. The van der Waals surface area contributed by atoms with Crippen molar-refractivity contribution in [1.29, 1.82) is 0 Å². The van der Waals surface area contributed by atoms with Gasteiger partial charge in [-0.15, -0.1) is 0 Å². The minimum absolute atomic E-state index is 0.0137. The Bertz CT molecular complexity index is 1130. The van der Waals surface area contributed by atoms with E-state index in [4.69, 9.17) is 16.3 Å². The number of amides is 3. The van der Waals surface area contributed by atoms with E-state index in [1.807, 2.05) is 0 Å². The summed E-state index contributed by atoms with van der Waals surface area (Å²) in [7, 11) is 0. The second-order valence-electron chi connectivity index (χ2n) is 8.32. The number of hydrogen-bond donors (Lipinski definition) is 2. The summed E-state index contributed by atoms with van der Waals surface area (Å²) < 4.78 is 31.1. The molecule has 2 aromatic heterocycles. The van der Waals surface area contributed by atoms with Gasteiger partial charge in [0.2, 0.25) is 17.7 Å². The van der Waals surface area contributed by atoms with Gasteiger partial charge in [0.15, 0.2) is 6.61 Å². The van der Waals surface area contributed by atoms with Crippen LogP contribution in [-0.2, 0) is 22.6 Å². The molecule has 35 heavy (non-hydrogen) atoms. The van der Waals surface area contributed by atoms with E-state index in [0.29, 0.717) is 28.9 Å². The molecule has 0 saturated heterocycles. The van der Waals surface area contributed by atoms with Crippen molar-refractivity contribution >= 4 is 29.3 Å². The molecule has 0 fully saturated rings. The summed E-state index contributed by atoms with van der Waals surface area (Å²) in [6.07, 6.45) is 2.90. The van der Waals surface area contributed by atoms with Gasteiger partial charge in [-0.25, -0.2) is 13.8 Å². The Hall–Kier alpha value is -3.34. The third-order valence-electron chi connectivity index (χ3n) is 5.35. The van der Waals surface area contributed by atoms with Crippen molar-refractivity contribution in [3.63, 3.8) is 0 Å². The van der Waals surface area contributed by atoms with Crippen LogP contribution in [0.4, 0.5) is 8.78 Å². The molecule has 12 heteroatoms. The van der Waals surface area contributed by atoms with Crippen molar-refractivity contribution in [3.05, 3.63) is 51.9 Å². The van der Waals surface area contributed by atoms with E-state index in [2.05, 4.69) is 20.6 Å². The van der Waals surface area contributed by atoms with Crippen LogP contribution in [0.1, 0.15) is 54.0 Å². The molecule has 0 aromatic carbocycles. The van der Waals surface area contributed by atoms with E-state index >= 15 is 0 Å². The molecule has 1 unspecified atom stereocenters. The Morgan fingerprint density at radius 1 is 1.29 bits per heavy atom. The zero-order valence-corrected chi connectivity index (χ0v) is 20.3. The van der Waals surface area contributed by atoms with Crippen LogP contribution in [0.15, 0.2) is 24.5 Å². The largest absolute Gasteiger partial charge is 0.470 e. The minimum Gasteiger partial charge on any atom is -0.470 e. The fourth-order valence-electron chi connectivity index (χ4n) is 3.58. The molecular formula is C23H26ClF2N5O4. The zero-order chi connectivity index (χ0) is 25.8. The first-order chi connectivity index (χ1) is 16.5. The summed E-state index contributed by atoms with van der Waals surface area (Å²) >= 11 is 6.17. The molecule has 1 aliphatic heterocycles. The molecule has 2 N–H and O–H groups in total. The Morgan fingerprint density at radius 2 is 2.00 bits per heavy atom. The molecule has 2 aromatic rings. The molecule has 3 heterocycles. The first-order valence-corrected chi connectivity index (χ1v) is 11.3. The smallest absolute Gasteiger partial charge is 0.278 e. The van der Waals surface area contributed by atoms with Crippen molar-refractivity contribution in [2.75, 3.05) is 19.7 Å². The maximum atomic E-state index is 13.1. The van der Waals surface area contributed by atoms with E-state index in [1.54, 1.807) is 17.9 Å². The average molecular weight is 510 g/mol. The van der Waals surface area contributed by atoms with Crippen molar-refractivity contribution in [1.82, 2.24) is 25.5 Å². The van der Waals surface area contributed by atoms with E-state index in [-0.39, 0.29) is 48.1 Å². The van der Waals surface area contributed by atoms with Crippen LogP contribution in [-0.4, -0.2) is 58.2 Å². The van der Waals surface area contributed by atoms with Gasteiger partial charge in [0.1, 0.15) is 5.02 Å². The van der Waals surface area contributed by atoms with E-state index in [1.165, 1.54) is 25.4 Å². The quantitative estimate of drug-likeness (QED) is 0.476. The van der Waals surface area contributed by atoms with Crippen molar-refractivity contribution in [2.24, 2.45) is 0 Å². The molecule has 0 radical (unpaired) electrons. The second kappa shape index (κ2) is 10.9. The number of carbonyl (C=O) groups is 3. The number of aromatic nitrogens is 2. The van der Waals surface area contributed by atoms with Gasteiger partial charge in [-0.2, -0.15) is 0 Å². The van der Waals surface area contributed by atoms with Gasteiger partial charge in [-0.3, -0.25) is 19.4 Å². The number of rotatable bonds is 10. The highest BCUT2D eigenvalue weighted by molar-refractivity contribution is 6.31. The van der Waals surface area contributed by atoms with Crippen LogP contribution >= 0.6 is 11.6 Å². The summed E-state index contributed by atoms with van der Waals surface area (Å²) in [4.78, 5) is 46.2. The predicted molar refractivity (Wildman–Crippen MR) is 123 cm³/mol. The van der Waals surface area contributed by atoms with E-state index in [0.717, 1.165) is 6.92 Å². The standard InChI is InChI=1S/C23H26ClF2N5O4/c1-13(15-8-18(24)21(30-10-15)35-12-23(3,25)26)31-11-17-16(22(31)34)4-5-28-19(17)9-20(33)29-7-6-27-14(2)32/h4-5,8,10,13H,6-7,9,11-12H2,1-3H3,(H,27,32)(H,29,33). The number of nitrogens with zero attached hydrogens (tertiary/aromatic N) is 3. The molecule has 3 rings (SSSR count). The van der Waals surface area contributed by atoms with Crippen LogP contribution in [0.25, 0.3) is 0 Å². The topological polar surface area (TPSA) is 114 Å². The highest BCUT2D eigenvalue weighted by Gasteiger charge is 2.34. The lowest BCUT2D eigenvalue weighted by Crippen LogP contribution is -2.34. The van der Waals surface area contributed by atoms with Gasteiger partial charge in [0.05, 0.1) is 18.2 Å². The Kier molecular flexibility index (Phi) is 8.21.